The maximum absolute atomic E-state index is 12.6. The smallest absolute Gasteiger partial charge is 0.302 e. The molecule has 0 aliphatic heterocycles. The molecule has 4 aromatic rings. The highest BCUT2D eigenvalue weighted by Crippen LogP contribution is 2.26. The molecule has 4 rings (SSSR count). The fraction of sp³-hybridized carbons (Fsp3) is 0.150. The molecule has 0 unspecified atom stereocenters. The van der Waals surface area contributed by atoms with Crippen LogP contribution in [-0.2, 0) is 25.3 Å². The summed E-state index contributed by atoms with van der Waals surface area (Å²) in [5, 5.41) is 5.93. The second kappa shape index (κ2) is 7.85. The van der Waals surface area contributed by atoms with Gasteiger partial charge in [0.25, 0.3) is 5.56 Å². The zero-order valence-corrected chi connectivity index (χ0v) is 17.6. The van der Waals surface area contributed by atoms with E-state index in [9.17, 15) is 14.4 Å². The van der Waals surface area contributed by atoms with Crippen LogP contribution in [0, 0.1) is 0 Å². The summed E-state index contributed by atoms with van der Waals surface area (Å²) in [5.74, 6) is -0.324. The summed E-state index contributed by atoms with van der Waals surface area (Å²) in [4.78, 5) is 45.9. The first kappa shape index (κ1) is 20.0. The Morgan fingerprint density at radius 3 is 2.60 bits per heavy atom. The molecule has 0 aliphatic carbocycles. The molecule has 0 spiro atoms. The quantitative estimate of drug-likeness (QED) is 0.524. The Balaban J connectivity index is 1.60. The van der Waals surface area contributed by atoms with Crippen molar-refractivity contribution in [2.24, 2.45) is 14.1 Å². The molecule has 0 saturated carbocycles. The number of hydrogen-bond donors (Lipinski definition) is 1. The lowest BCUT2D eigenvalue weighted by Crippen LogP contribution is -2.37. The Morgan fingerprint density at radius 2 is 1.87 bits per heavy atom. The van der Waals surface area contributed by atoms with Crippen LogP contribution < -0.4 is 16.6 Å². The predicted octanol–water partition coefficient (Wildman–Crippen LogP) is 2.59. The van der Waals surface area contributed by atoms with Gasteiger partial charge in [0.05, 0.1) is 17.5 Å². The van der Waals surface area contributed by atoms with Crippen molar-refractivity contribution < 1.29 is 4.79 Å². The molecule has 0 saturated heterocycles. The average Bonchev–Trinajstić information content (AvgIpc) is 3.19. The second-order valence-electron chi connectivity index (χ2n) is 6.64. The van der Waals surface area contributed by atoms with Crippen LogP contribution in [0.4, 0.5) is 5.13 Å². The molecule has 0 fully saturated rings. The Morgan fingerprint density at radius 1 is 1.13 bits per heavy atom. The SMILES string of the molecule is Cn1c(=O)c2c(CC(=O)Nc3nc(-c4ccc(Cl)cc4)cs3)ccnc2n(C)c1=O. The number of halogens is 1. The molecule has 1 N–H and O–H groups in total. The second-order valence-corrected chi connectivity index (χ2v) is 7.94. The normalized spacial score (nSPS) is 11.0. The van der Waals surface area contributed by atoms with Gasteiger partial charge in [0.2, 0.25) is 5.91 Å². The van der Waals surface area contributed by atoms with E-state index in [1.807, 2.05) is 17.5 Å². The monoisotopic (exact) mass is 441 g/mol. The van der Waals surface area contributed by atoms with Gasteiger partial charge in [0.1, 0.15) is 5.65 Å². The fourth-order valence-electron chi connectivity index (χ4n) is 3.11. The molecule has 3 heterocycles. The summed E-state index contributed by atoms with van der Waals surface area (Å²) in [6.45, 7) is 0. The third kappa shape index (κ3) is 3.64. The van der Waals surface area contributed by atoms with E-state index in [-0.39, 0.29) is 23.4 Å². The lowest BCUT2D eigenvalue weighted by molar-refractivity contribution is -0.115. The van der Waals surface area contributed by atoms with Gasteiger partial charge in [-0.25, -0.2) is 14.8 Å². The number of hydrogen-bond acceptors (Lipinski definition) is 6. The number of carbonyl (C=O) groups is 1. The number of amides is 1. The lowest BCUT2D eigenvalue weighted by atomic mass is 10.1. The molecule has 10 heteroatoms. The Hall–Kier alpha value is -3.30. The van der Waals surface area contributed by atoms with Crippen LogP contribution in [0.5, 0.6) is 0 Å². The van der Waals surface area contributed by atoms with Crippen LogP contribution in [0.15, 0.2) is 51.5 Å². The number of thiazole rings is 1. The number of aromatic nitrogens is 4. The van der Waals surface area contributed by atoms with Gasteiger partial charge >= 0.3 is 5.69 Å². The Kier molecular flexibility index (Phi) is 5.23. The van der Waals surface area contributed by atoms with Gasteiger partial charge in [-0.2, -0.15) is 0 Å². The van der Waals surface area contributed by atoms with Crippen LogP contribution >= 0.6 is 22.9 Å². The summed E-state index contributed by atoms with van der Waals surface area (Å²) < 4.78 is 2.29. The molecule has 8 nitrogen and oxygen atoms in total. The van der Waals surface area contributed by atoms with Crippen molar-refractivity contribution in [3.8, 4) is 11.3 Å². The van der Waals surface area contributed by atoms with Gasteiger partial charge in [-0.3, -0.25) is 18.7 Å². The topological polar surface area (TPSA) is 98.9 Å². The molecule has 0 bridgehead atoms. The van der Waals surface area contributed by atoms with Crippen LogP contribution in [0.3, 0.4) is 0 Å². The van der Waals surface area contributed by atoms with E-state index < -0.39 is 11.2 Å². The summed E-state index contributed by atoms with van der Waals surface area (Å²) in [6, 6.07) is 8.86. The minimum absolute atomic E-state index is 0.0533. The Bertz CT molecular complexity index is 1390. The standard InChI is InChI=1S/C20H16ClN5O3S/c1-25-17-16(18(28)26(2)20(25)29)12(7-8-22-17)9-15(27)24-19-23-14(10-30-19)11-3-5-13(21)6-4-11/h3-8,10H,9H2,1-2H3,(H,23,24,27). The van der Waals surface area contributed by atoms with E-state index in [0.717, 1.165) is 15.8 Å². The molecule has 1 amide bonds. The molecule has 3 aromatic heterocycles. The van der Waals surface area contributed by atoms with Crippen molar-refractivity contribution in [2.75, 3.05) is 5.32 Å². The maximum Gasteiger partial charge on any atom is 0.332 e. The number of pyridine rings is 1. The van der Waals surface area contributed by atoms with Gasteiger partial charge in [-0.05, 0) is 23.8 Å². The fourth-order valence-corrected chi connectivity index (χ4v) is 3.98. The maximum atomic E-state index is 12.6. The molecule has 0 radical (unpaired) electrons. The average molecular weight is 442 g/mol. The third-order valence-corrected chi connectivity index (χ3v) is 5.68. The first-order valence-corrected chi connectivity index (χ1v) is 10.2. The summed E-state index contributed by atoms with van der Waals surface area (Å²) >= 11 is 7.21. The first-order chi connectivity index (χ1) is 14.3. The van der Waals surface area contributed by atoms with Gasteiger partial charge in [0, 0.05) is 36.3 Å². The number of nitrogens with zero attached hydrogens (tertiary/aromatic N) is 4. The summed E-state index contributed by atoms with van der Waals surface area (Å²) in [6.07, 6.45) is 1.42. The van der Waals surface area contributed by atoms with E-state index >= 15 is 0 Å². The van der Waals surface area contributed by atoms with E-state index in [1.54, 1.807) is 18.2 Å². The summed E-state index contributed by atoms with van der Waals surface area (Å²) in [7, 11) is 2.93. The van der Waals surface area contributed by atoms with Gasteiger partial charge < -0.3 is 5.32 Å². The van der Waals surface area contributed by atoms with Crippen LogP contribution in [-0.4, -0.2) is 25.0 Å². The molecule has 30 heavy (non-hydrogen) atoms. The molecular formula is C20H16ClN5O3S. The van der Waals surface area contributed by atoms with Crippen molar-refractivity contribution in [3.05, 3.63) is 73.3 Å². The predicted molar refractivity (Wildman–Crippen MR) is 117 cm³/mol. The van der Waals surface area contributed by atoms with Gasteiger partial charge in [-0.15, -0.1) is 11.3 Å². The molecule has 0 aliphatic rings. The number of rotatable bonds is 4. The Labute approximate surface area is 179 Å². The van der Waals surface area contributed by atoms with Gasteiger partial charge in [0.15, 0.2) is 5.13 Å². The number of nitrogens with one attached hydrogen (secondary N) is 1. The van der Waals surface area contributed by atoms with Crippen molar-refractivity contribution >= 4 is 45.0 Å². The zero-order valence-electron chi connectivity index (χ0n) is 16.0. The van der Waals surface area contributed by atoms with Gasteiger partial charge in [-0.1, -0.05) is 23.7 Å². The largest absolute Gasteiger partial charge is 0.332 e. The highest BCUT2D eigenvalue weighted by Gasteiger charge is 2.16. The van der Waals surface area contributed by atoms with Crippen molar-refractivity contribution in [2.45, 2.75) is 6.42 Å². The molecule has 1 aromatic carbocycles. The lowest BCUT2D eigenvalue weighted by Gasteiger charge is -2.10. The number of fused-ring (bicyclic) bond motifs is 1. The van der Waals surface area contributed by atoms with E-state index in [2.05, 4.69) is 15.3 Å². The van der Waals surface area contributed by atoms with E-state index in [1.165, 1.54) is 36.2 Å². The number of carbonyl (C=O) groups excluding carboxylic acids is 1. The number of aryl methyl sites for hydroxylation is 1. The van der Waals surface area contributed by atoms with Crippen molar-refractivity contribution in [1.82, 2.24) is 19.1 Å². The molecule has 0 atom stereocenters. The van der Waals surface area contributed by atoms with Crippen LogP contribution in [0.2, 0.25) is 5.02 Å². The van der Waals surface area contributed by atoms with E-state index in [4.69, 9.17) is 11.6 Å². The van der Waals surface area contributed by atoms with Crippen LogP contribution in [0.1, 0.15) is 5.56 Å². The molecular weight excluding hydrogens is 426 g/mol. The number of benzene rings is 1. The highest BCUT2D eigenvalue weighted by atomic mass is 35.5. The van der Waals surface area contributed by atoms with Crippen molar-refractivity contribution in [1.29, 1.82) is 0 Å². The van der Waals surface area contributed by atoms with E-state index in [0.29, 0.717) is 15.7 Å². The number of anilines is 1. The summed E-state index contributed by atoms with van der Waals surface area (Å²) in [5.41, 5.74) is 1.39. The minimum Gasteiger partial charge on any atom is -0.302 e. The first-order valence-electron chi connectivity index (χ1n) is 8.90. The van der Waals surface area contributed by atoms with Crippen LogP contribution in [0.25, 0.3) is 22.3 Å². The highest BCUT2D eigenvalue weighted by molar-refractivity contribution is 7.14. The third-order valence-electron chi connectivity index (χ3n) is 4.67. The van der Waals surface area contributed by atoms with Crippen molar-refractivity contribution in [3.63, 3.8) is 0 Å². The zero-order chi connectivity index (χ0) is 21.4. The minimum atomic E-state index is -0.483. The molecule has 152 valence electrons.